The Labute approximate surface area is 129 Å². The van der Waals surface area contributed by atoms with Gasteiger partial charge in [0, 0.05) is 10.7 Å². The lowest BCUT2D eigenvalue weighted by Gasteiger charge is -2.13. The van der Waals surface area contributed by atoms with E-state index in [4.69, 9.17) is 11.6 Å². The van der Waals surface area contributed by atoms with Gasteiger partial charge in [-0.3, -0.25) is 0 Å². The second-order valence-corrected chi connectivity index (χ2v) is 5.24. The first kappa shape index (κ1) is 14.3. The van der Waals surface area contributed by atoms with E-state index < -0.39 is 11.8 Å². The number of hydrogen-bond donors (Lipinski definition) is 3. The Hall–Kier alpha value is -2.60. The highest BCUT2D eigenvalue weighted by Crippen LogP contribution is 2.31. The molecule has 0 saturated carbocycles. The van der Waals surface area contributed by atoms with E-state index in [0.29, 0.717) is 16.2 Å². The van der Waals surface area contributed by atoms with Crippen molar-refractivity contribution < 1.29 is 14.3 Å². The molecule has 3 rings (SSSR count). The van der Waals surface area contributed by atoms with Crippen molar-refractivity contribution in [3.63, 3.8) is 0 Å². The fourth-order valence-electron chi connectivity index (χ4n) is 2.24. The molecule has 7 heteroatoms. The third kappa shape index (κ3) is 2.37. The van der Waals surface area contributed by atoms with Gasteiger partial charge in [-0.2, -0.15) is 0 Å². The predicted octanol–water partition coefficient (Wildman–Crippen LogP) is 4.11. The zero-order valence-corrected chi connectivity index (χ0v) is 12.2. The van der Waals surface area contributed by atoms with Crippen molar-refractivity contribution >= 4 is 40.0 Å². The lowest BCUT2D eigenvalue weighted by atomic mass is 10.1. The summed E-state index contributed by atoms with van der Waals surface area (Å²) in [5, 5.41) is 12.7. The number of hydrogen-bond acceptors (Lipinski definition) is 3. The van der Waals surface area contributed by atoms with Gasteiger partial charge < -0.3 is 15.4 Å². The second-order valence-electron chi connectivity index (χ2n) is 4.80. The van der Waals surface area contributed by atoms with Gasteiger partial charge in [-0.15, -0.1) is 0 Å². The molecule has 0 atom stereocenters. The molecular weight excluding hydrogens is 309 g/mol. The molecule has 0 aliphatic carbocycles. The van der Waals surface area contributed by atoms with E-state index in [0.717, 1.165) is 5.56 Å². The number of imidazole rings is 1. The molecule has 22 heavy (non-hydrogen) atoms. The van der Waals surface area contributed by atoms with Crippen LogP contribution < -0.4 is 5.32 Å². The molecule has 0 amide bonds. The fourth-order valence-corrected chi connectivity index (χ4v) is 2.46. The molecule has 0 fully saturated rings. The standard InChI is InChI=1S/C15H11ClFN3O2/c1-7-4-8(16)2-3-10(7)20-13-9(15(21)22)5-11-14(12(13)17)19-6-18-11/h2-6,20H,1H3,(H,18,19)(H,21,22). The molecule has 2 aromatic carbocycles. The number of rotatable bonds is 3. The molecule has 0 unspecified atom stereocenters. The van der Waals surface area contributed by atoms with E-state index in [9.17, 15) is 14.3 Å². The summed E-state index contributed by atoms with van der Waals surface area (Å²) in [7, 11) is 0. The monoisotopic (exact) mass is 319 g/mol. The van der Waals surface area contributed by atoms with E-state index in [-0.39, 0.29) is 16.8 Å². The minimum atomic E-state index is -1.23. The third-order valence-corrected chi connectivity index (χ3v) is 3.57. The first-order valence-electron chi connectivity index (χ1n) is 6.39. The number of nitrogens with one attached hydrogen (secondary N) is 2. The van der Waals surface area contributed by atoms with Crippen LogP contribution in [0.1, 0.15) is 15.9 Å². The number of carbonyl (C=O) groups is 1. The van der Waals surface area contributed by atoms with Gasteiger partial charge >= 0.3 is 5.97 Å². The number of halogens is 2. The average molecular weight is 320 g/mol. The highest BCUT2D eigenvalue weighted by Gasteiger charge is 2.20. The Balaban J connectivity index is 2.18. The van der Waals surface area contributed by atoms with Crippen molar-refractivity contribution in [1.29, 1.82) is 0 Å². The van der Waals surface area contributed by atoms with Gasteiger partial charge in [-0.1, -0.05) is 11.6 Å². The minimum Gasteiger partial charge on any atom is -0.478 e. The molecule has 0 aliphatic rings. The Kier molecular flexibility index (Phi) is 3.46. The maximum atomic E-state index is 14.6. The number of carboxylic acid groups (broad SMARTS) is 1. The van der Waals surface area contributed by atoms with E-state index in [2.05, 4.69) is 15.3 Å². The molecule has 0 saturated heterocycles. The first-order chi connectivity index (χ1) is 10.5. The van der Waals surface area contributed by atoms with Crippen molar-refractivity contribution in [2.24, 2.45) is 0 Å². The molecule has 3 N–H and O–H groups in total. The summed E-state index contributed by atoms with van der Waals surface area (Å²) in [4.78, 5) is 18.0. The first-order valence-corrected chi connectivity index (χ1v) is 6.77. The number of aromatic amines is 1. The number of anilines is 2. The molecule has 112 valence electrons. The lowest BCUT2D eigenvalue weighted by molar-refractivity contribution is 0.0697. The van der Waals surface area contributed by atoms with Crippen LogP contribution in [0, 0.1) is 12.7 Å². The number of nitrogens with zero attached hydrogens (tertiary/aromatic N) is 1. The van der Waals surface area contributed by atoms with Crippen LogP contribution in [0.25, 0.3) is 11.0 Å². The summed E-state index contributed by atoms with van der Waals surface area (Å²) in [6.45, 7) is 1.79. The number of fused-ring (bicyclic) bond motifs is 1. The number of carboxylic acids is 1. The third-order valence-electron chi connectivity index (χ3n) is 3.33. The topological polar surface area (TPSA) is 78.0 Å². The SMILES string of the molecule is Cc1cc(Cl)ccc1Nc1c(C(=O)O)cc2[nH]cnc2c1F. The van der Waals surface area contributed by atoms with E-state index in [1.807, 2.05) is 0 Å². The maximum absolute atomic E-state index is 14.6. The summed E-state index contributed by atoms with van der Waals surface area (Å²) in [5.74, 6) is -1.95. The average Bonchev–Trinajstić information content (AvgIpc) is 2.92. The van der Waals surface area contributed by atoms with Crippen molar-refractivity contribution in [2.45, 2.75) is 6.92 Å². The predicted molar refractivity (Wildman–Crippen MR) is 82.5 cm³/mol. The van der Waals surface area contributed by atoms with Gasteiger partial charge in [-0.25, -0.2) is 14.2 Å². The minimum absolute atomic E-state index is 0.0825. The quantitative estimate of drug-likeness (QED) is 0.679. The highest BCUT2D eigenvalue weighted by atomic mass is 35.5. The van der Waals surface area contributed by atoms with Crippen molar-refractivity contribution in [2.75, 3.05) is 5.32 Å². The Morgan fingerprint density at radius 1 is 1.41 bits per heavy atom. The van der Waals surface area contributed by atoms with Gasteiger partial charge in [0.15, 0.2) is 5.82 Å². The molecule has 0 bridgehead atoms. The summed E-state index contributed by atoms with van der Waals surface area (Å²) in [6.07, 6.45) is 1.32. The molecule has 0 aliphatic heterocycles. The van der Waals surface area contributed by atoms with Crippen LogP contribution in [0.3, 0.4) is 0 Å². The Morgan fingerprint density at radius 3 is 2.86 bits per heavy atom. The Morgan fingerprint density at radius 2 is 2.18 bits per heavy atom. The van der Waals surface area contributed by atoms with Crippen LogP contribution in [0.5, 0.6) is 0 Å². The normalized spacial score (nSPS) is 10.9. The summed E-state index contributed by atoms with van der Waals surface area (Å²) < 4.78 is 14.6. The number of benzene rings is 2. The summed E-state index contributed by atoms with van der Waals surface area (Å²) >= 11 is 5.89. The highest BCUT2D eigenvalue weighted by molar-refractivity contribution is 6.30. The Bertz CT molecular complexity index is 892. The molecule has 5 nitrogen and oxygen atoms in total. The van der Waals surface area contributed by atoms with Crippen LogP contribution in [-0.4, -0.2) is 21.0 Å². The van der Waals surface area contributed by atoms with Crippen LogP contribution in [0.2, 0.25) is 5.02 Å². The van der Waals surface area contributed by atoms with E-state index in [1.165, 1.54) is 12.4 Å². The summed E-state index contributed by atoms with van der Waals surface area (Å²) in [6, 6.07) is 6.36. The van der Waals surface area contributed by atoms with Gasteiger partial charge in [0.1, 0.15) is 5.52 Å². The van der Waals surface area contributed by atoms with Gasteiger partial charge in [-0.05, 0) is 36.8 Å². The van der Waals surface area contributed by atoms with Gasteiger partial charge in [0.05, 0.1) is 23.1 Å². The molecule has 3 aromatic rings. The van der Waals surface area contributed by atoms with E-state index >= 15 is 0 Å². The largest absolute Gasteiger partial charge is 0.478 e. The maximum Gasteiger partial charge on any atom is 0.338 e. The zero-order valence-electron chi connectivity index (χ0n) is 11.4. The van der Waals surface area contributed by atoms with Crippen LogP contribution >= 0.6 is 11.6 Å². The second kappa shape index (κ2) is 5.31. The van der Waals surface area contributed by atoms with Crippen molar-refractivity contribution in [3.8, 4) is 0 Å². The van der Waals surface area contributed by atoms with E-state index in [1.54, 1.807) is 25.1 Å². The van der Waals surface area contributed by atoms with Crippen molar-refractivity contribution in [3.05, 3.63) is 52.6 Å². The molecule has 1 aromatic heterocycles. The molecule has 0 spiro atoms. The zero-order chi connectivity index (χ0) is 15.9. The van der Waals surface area contributed by atoms with Gasteiger partial charge in [0.2, 0.25) is 0 Å². The van der Waals surface area contributed by atoms with Gasteiger partial charge in [0.25, 0.3) is 0 Å². The number of aromatic carboxylic acids is 1. The smallest absolute Gasteiger partial charge is 0.338 e. The number of aryl methyl sites for hydroxylation is 1. The lowest BCUT2D eigenvalue weighted by Crippen LogP contribution is -2.06. The molecular formula is C15H11ClFN3O2. The van der Waals surface area contributed by atoms with Crippen LogP contribution in [-0.2, 0) is 0 Å². The fraction of sp³-hybridized carbons (Fsp3) is 0.0667. The molecule has 0 radical (unpaired) electrons. The number of H-pyrrole nitrogens is 1. The van der Waals surface area contributed by atoms with Crippen LogP contribution in [0.4, 0.5) is 15.8 Å². The van der Waals surface area contributed by atoms with Crippen molar-refractivity contribution in [1.82, 2.24) is 9.97 Å². The molecule has 1 heterocycles. The number of aromatic nitrogens is 2. The van der Waals surface area contributed by atoms with Crippen LogP contribution in [0.15, 0.2) is 30.6 Å². The summed E-state index contributed by atoms with van der Waals surface area (Å²) in [5.41, 5.74) is 1.44.